The van der Waals surface area contributed by atoms with E-state index < -0.39 is 10.0 Å². The summed E-state index contributed by atoms with van der Waals surface area (Å²) >= 11 is 11.5. The summed E-state index contributed by atoms with van der Waals surface area (Å²) in [6.45, 7) is 5.33. The van der Waals surface area contributed by atoms with Gasteiger partial charge >= 0.3 is 0 Å². The summed E-state index contributed by atoms with van der Waals surface area (Å²) in [5, 5.41) is 0.268. The van der Waals surface area contributed by atoms with Gasteiger partial charge in [-0.25, -0.2) is 13.4 Å². The zero-order valence-electron chi connectivity index (χ0n) is 10.8. The molecule has 1 aromatic heterocycles. The molecule has 106 valence electrons. The SMILES string of the molecule is CC(C)C1CCN(S(=O)(=O)c2cnc(Cl)c(Cl)c2)C1. The van der Waals surface area contributed by atoms with Gasteiger partial charge in [-0.15, -0.1) is 0 Å². The molecule has 2 heterocycles. The Kier molecular flexibility index (Phi) is 4.40. The Labute approximate surface area is 123 Å². The van der Waals surface area contributed by atoms with Crippen molar-refractivity contribution in [1.29, 1.82) is 0 Å². The van der Waals surface area contributed by atoms with Crippen LogP contribution >= 0.6 is 23.2 Å². The highest BCUT2D eigenvalue weighted by Gasteiger charge is 2.34. The van der Waals surface area contributed by atoms with E-state index >= 15 is 0 Å². The van der Waals surface area contributed by atoms with E-state index in [-0.39, 0.29) is 15.1 Å². The van der Waals surface area contributed by atoms with Crippen LogP contribution in [0.2, 0.25) is 10.2 Å². The monoisotopic (exact) mass is 322 g/mol. The Bertz CT molecular complexity index is 575. The third kappa shape index (κ3) is 3.05. The van der Waals surface area contributed by atoms with E-state index in [1.54, 1.807) is 0 Å². The Balaban J connectivity index is 2.26. The highest BCUT2D eigenvalue weighted by atomic mass is 35.5. The van der Waals surface area contributed by atoms with Gasteiger partial charge in [0, 0.05) is 19.3 Å². The molecule has 1 aromatic rings. The minimum Gasteiger partial charge on any atom is -0.242 e. The summed E-state index contributed by atoms with van der Waals surface area (Å²) < 4.78 is 26.4. The molecule has 0 spiro atoms. The van der Waals surface area contributed by atoms with Crippen LogP contribution in [0.3, 0.4) is 0 Å². The van der Waals surface area contributed by atoms with Gasteiger partial charge in [-0.2, -0.15) is 4.31 Å². The van der Waals surface area contributed by atoms with Crippen molar-refractivity contribution in [2.45, 2.75) is 25.2 Å². The number of halogens is 2. The van der Waals surface area contributed by atoms with Crippen molar-refractivity contribution in [2.24, 2.45) is 11.8 Å². The van der Waals surface area contributed by atoms with Gasteiger partial charge in [0.15, 0.2) is 0 Å². The fourth-order valence-corrected chi connectivity index (χ4v) is 4.03. The average Bonchev–Trinajstić information content (AvgIpc) is 2.82. The molecule has 0 radical (unpaired) electrons. The average molecular weight is 323 g/mol. The summed E-state index contributed by atoms with van der Waals surface area (Å²) in [4.78, 5) is 3.90. The Morgan fingerprint density at radius 3 is 2.63 bits per heavy atom. The Morgan fingerprint density at radius 2 is 2.11 bits per heavy atom. The lowest BCUT2D eigenvalue weighted by atomic mass is 9.96. The van der Waals surface area contributed by atoms with Gasteiger partial charge in [0.25, 0.3) is 0 Å². The number of rotatable bonds is 3. The number of hydrogen-bond acceptors (Lipinski definition) is 3. The van der Waals surface area contributed by atoms with E-state index in [2.05, 4.69) is 18.8 Å². The topological polar surface area (TPSA) is 50.3 Å². The van der Waals surface area contributed by atoms with Crippen molar-refractivity contribution in [2.75, 3.05) is 13.1 Å². The molecule has 4 nitrogen and oxygen atoms in total. The van der Waals surface area contributed by atoms with Crippen molar-refractivity contribution >= 4 is 33.2 Å². The lowest BCUT2D eigenvalue weighted by molar-refractivity contribution is 0.388. The van der Waals surface area contributed by atoms with Crippen molar-refractivity contribution in [1.82, 2.24) is 9.29 Å². The van der Waals surface area contributed by atoms with Crippen LogP contribution in [0, 0.1) is 11.8 Å². The highest BCUT2D eigenvalue weighted by Crippen LogP contribution is 2.30. The molecule has 0 saturated carbocycles. The lowest BCUT2D eigenvalue weighted by Gasteiger charge is -2.18. The van der Waals surface area contributed by atoms with Crippen molar-refractivity contribution in [3.63, 3.8) is 0 Å². The van der Waals surface area contributed by atoms with Gasteiger partial charge in [-0.3, -0.25) is 0 Å². The molecule has 2 rings (SSSR count). The summed E-state index contributed by atoms with van der Waals surface area (Å²) in [6, 6.07) is 1.36. The zero-order valence-corrected chi connectivity index (χ0v) is 13.1. The maximum absolute atomic E-state index is 12.5. The third-order valence-corrected chi connectivity index (χ3v) is 6.06. The van der Waals surface area contributed by atoms with Crippen LogP contribution in [0.25, 0.3) is 0 Å². The molecule has 0 aromatic carbocycles. The number of nitrogens with zero attached hydrogens (tertiary/aromatic N) is 2. The van der Waals surface area contributed by atoms with Crippen molar-refractivity contribution in [3.05, 3.63) is 22.4 Å². The molecule has 7 heteroatoms. The molecular formula is C12H16Cl2N2O2S. The number of aromatic nitrogens is 1. The van der Waals surface area contributed by atoms with Gasteiger partial charge in [0.1, 0.15) is 10.0 Å². The first-order chi connectivity index (χ1) is 8.82. The third-order valence-electron chi connectivity index (χ3n) is 3.54. The normalized spacial score (nSPS) is 21.2. The lowest BCUT2D eigenvalue weighted by Crippen LogP contribution is -2.29. The van der Waals surface area contributed by atoms with Crippen LogP contribution in [0.1, 0.15) is 20.3 Å². The van der Waals surface area contributed by atoms with E-state index in [0.29, 0.717) is 24.9 Å². The first-order valence-electron chi connectivity index (χ1n) is 6.13. The molecule has 1 atom stereocenters. The van der Waals surface area contributed by atoms with Gasteiger partial charge < -0.3 is 0 Å². The minimum absolute atomic E-state index is 0.103. The molecule has 0 bridgehead atoms. The fourth-order valence-electron chi connectivity index (χ4n) is 2.21. The smallest absolute Gasteiger partial charge is 0.242 e. The van der Waals surface area contributed by atoms with Crippen molar-refractivity contribution < 1.29 is 8.42 Å². The Hall–Kier alpha value is -0.360. The van der Waals surface area contributed by atoms with E-state index in [0.717, 1.165) is 6.42 Å². The maximum Gasteiger partial charge on any atom is 0.244 e. The van der Waals surface area contributed by atoms with Crippen molar-refractivity contribution in [3.8, 4) is 0 Å². The first kappa shape index (κ1) is 15.0. The summed E-state index contributed by atoms with van der Waals surface area (Å²) in [5.41, 5.74) is 0. The van der Waals surface area contributed by atoms with Gasteiger partial charge in [-0.05, 0) is 24.3 Å². The molecule has 1 aliphatic rings. The van der Waals surface area contributed by atoms with Gasteiger partial charge in [0.2, 0.25) is 10.0 Å². The standard InChI is InChI=1S/C12H16Cl2N2O2S/c1-8(2)9-3-4-16(7-9)19(17,18)10-5-11(13)12(14)15-6-10/h5-6,8-9H,3-4,7H2,1-2H3. The molecule has 1 saturated heterocycles. The summed E-state index contributed by atoms with van der Waals surface area (Å²) in [6.07, 6.45) is 2.15. The van der Waals surface area contributed by atoms with Crippen LogP contribution in [0.4, 0.5) is 0 Å². The predicted molar refractivity (Wildman–Crippen MR) is 76.0 cm³/mol. The highest BCUT2D eigenvalue weighted by molar-refractivity contribution is 7.89. The maximum atomic E-state index is 12.5. The summed E-state index contributed by atoms with van der Waals surface area (Å²) in [5.74, 6) is 0.887. The van der Waals surface area contributed by atoms with Gasteiger partial charge in [-0.1, -0.05) is 37.0 Å². The van der Waals surface area contributed by atoms with Gasteiger partial charge in [0.05, 0.1) is 5.02 Å². The van der Waals surface area contributed by atoms with E-state index in [1.807, 2.05) is 0 Å². The minimum atomic E-state index is -3.52. The second-order valence-electron chi connectivity index (χ2n) is 5.10. The molecule has 1 aliphatic heterocycles. The first-order valence-corrected chi connectivity index (χ1v) is 8.33. The number of sulfonamides is 1. The number of pyridine rings is 1. The predicted octanol–water partition coefficient (Wildman–Crippen LogP) is 3.06. The molecule has 0 N–H and O–H groups in total. The fraction of sp³-hybridized carbons (Fsp3) is 0.583. The molecular weight excluding hydrogens is 307 g/mol. The van der Waals surface area contributed by atoms with Crippen LogP contribution in [-0.2, 0) is 10.0 Å². The van der Waals surface area contributed by atoms with Crippen LogP contribution in [0.15, 0.2) is 17.2 Å². The Morgan fingerprint density at radius 1 is 1.42 bits per heavy atom. The molecule has 1 fully saturated rings. The van der Waals surface area contributed by atoms with Crippen LogP contribution in [-0.4, -0.2) is 30.8 Å². The van der Waals surface area contributed by atoms with E-state index in [9.17, 15) is 8.42 Å². The second kappa shape index (κ2) is 5.56. The van der Waals surface area contributed by atoms with Crippen LogP contribution < -0.4 is 0 Å². The zero-order chi connectivity index (χ0) is 14.2. The number of hydrogen-bond donors (Lipinski definition) is 0. The quantitative estimate of drug-likeness (QED) is 0.803. The van der Waals surface area contributed by atoms with Crippen LogP contribution in [0.5, 0.6) is 0 Å². The second-order valence-corrected chi connectivity index (χ2v) is 7.80. The summed E-state index contributed by atoms with van der Waals surface area (Å²) in [7, 11) is -3.52. The van der Waals surface area contributed by atoms with E-state index in [4.69, 9.17) is 23.2 Å². The molecule has 0 aliphatic carbocycles. The molecule has 0 amide bonds. The largest absolute Gasteiger partial charge is 0.244 e. The van der Waals surface area contributed by atoms with E-state index in [1.165, 1.54) is 16.6 Å². The molecule has 1 unspecified atom stereocenters. The molecule has 19 heavy (non-hydrogen) atoms.